The second kappa shape index (κ2) is 9.85. The molecule has 0 aliphatic rings. The molecule has 5 nitrogen and oxygen atoms in total. The number of benzene rings is 3. The highest BCUT2D eigenvalue weighted by Gasteiger charge is 2.19. The van der Waals surface area contributed by atoms with Gasteiger partial charge < -0.3 is 14.5 Å². The van der Waals surface area contributed by atoms with Crippen molar-refractivity contribution in [2.45, 2.75) is 6.54 Å². The average molecular weight is 574 g/mol. The van der Waals surface area contributed by atoms with E-state index < -0.39 is 0 Å². The molecule has 2 N–H and O–H groups in total. The zero-order valence-electron chi connectivity index (χ0n) is 16.9. The summed E-state index contributed by atoms with van der Waals surface area (Å²) in [6, 6.07) is 21.2. The predicted molar refractivity (Wildman–Crippen MR) is 137 cm³/mol. The van der Waals surface area contributed by atoms with Crippen LogP contribution in [0.5, 0.6) is 5.75 Å². The van der Waals surface area contributed by atoms with Gasteiger partial charge >= 0.3 is 0 Å². The summed E-state index contributed by atoms with van der Waals surface area (Å²) < 4.78 is 13.1. The van der Waals surface area contributed by atoms with Crippen LogP contribution in [0.1, 0.15) is 16.1 Å². The third-order valence-electron chi connectivity index (χ3n) is 4.83. The maximum absolute atomic E-state index is 12.9. The summed E-state index contributed by atoms with van der Waals surface area (Å²) in [6.45, 7) is 0.341. The fourth-order valence-corrected chi connectivity index (χ4v) is 4.44. The van der Waals surface area contributed by atoms with E-state index in [-0.39, 0.29) is 11.0 Å². The Morgan fingerprint density at radius 2 is 1.81 bits per heavy atom. The molecule has 1 heterocycles. The van der Waals surface area contributed by atoms with Gasteiger partial charge in [-0.1, -0.05) is 52.3 Å². The number of hydrogen-bond donors (Lipinski definition) is 2. The monoisotopic (exact) mass is 572 g/mol. The minimum absolute atomic E-state index is 0.197. The SMILES string of the molecule is COc1c(C(=O)NC(=S)NCc2ccc(-c3ccc(Br)cc3)o2)cc2ccccc2c1Br. The number of ether oxygens (including phenoxy) is 1. The van der Waals surface area contributed by atoms with Crippen LogP contribution in [0.25, 0.3) is 22.1 Å². The van der Waals surface area contributed by atoms with Crippen molar-refractivity contribution in [1.29, 1.82) is 0 Å². The summed E-state index contributed by atoms with van der Waals surface area (Å²) in [5.41, 5.74) is 1.36. The Morgan fingerprint density at radius 3 is 2.56 bits per heavy atom. The zero-order chi connectivity index (χ0) is 22.7. The standard InChI is InChI=1S/C24H18Br2N2O3S/c1-30-22-19(12-15-4-2-3-5-18(15)21(22)26)23(29)28-24(32)27-13-17-10-11-20(31-17)14-6-8-16(25)9-7-14/h2-12H,13H2,1H3,(H2,27,28,29,32). The Balaban J connectivity index is 1.43. The van der Waals surface area contributed by atoms with Crippen molar-refractivity contribution in [2.75, 3.05) is 7.11 Å². The molecule has 4 rings (SSSR count). The second-order valence-corrected chi connectivity index (χ2v) is 9.02. The van der Waals surface area contributed by atoms with Crippen LogP contribution in [0.3, 0.4) is 0 Å². The van der Waals surface area contributed by atoms with E-state index in [1.54, 1.807) is 6.07 Å². The predicted octanol–water partition coefficient (Wildman–Crippen LogP) is 6.44. The highest BCUT2D eigenvalue weighted by Crippen LogP contribution is 2.36. The molecule has 0 spiro atoms. The van der Waals surface area contributed by atoms with Gasteiger partial charge in [0, 0.05) is 10.0 Å². The minimum Gasteiger partial charge on any atom is -0.495 e. The fourth-order valence-electron chi connectivity index (χ4n) is 3.28. The number of carbonyl (C=O) groups is 1. The maximum Gasteiger partial charge on any atom is 0.261 e. The van der Waals surface area contributed by atoms with Gasteiger partial charge in [-0.25, -0.2) is 0 Å². The average Bonchev–Trinajstić information content (AvgIpc) is 3.27. The molecule has 0 unspecified atom stereocenters. The number of furan rings is 1. The molecule has 0 bridgehead atoms. The minimum atomic E-state index is -0.360. The maximum atomic E-state index is 12.9. The Hall–Kier alpha value is -2.68. The van der Waals surface area contributed by atoms with Crippen molar-refractivity contribution in [3.05, 3.63) is 87.0 Å². The van der Waals surface area contributed by atoms with Gasteiger partial charge in [-0.3, -0.25) is 10.1 Å². The first kappa shape index (κ1) is 22.5. The van der Waals surface area contributed by atoms with Crippen LogP contribution in [0.2, 0.25) is 0 Å². The van der Waals surface area contributed by atoms with Crippen LogP contribution in [0.15, 0.2) is 80.1 Å². The molecule has 0 aliphatic carbocycles. The molecular formula is C24H18Br2N2O3S. The Kier molecular flexibility index (Phi) is 6.93. The summed E-state index contributed by atoms with van der Waals surface area (Å²) in [6.07, 6.45) is 0. The molecular weight excluding hydrogens is 556 g/mol. The number of halogens is 2. The molecule has 0 aliphatic heterocycles. The molecule has 0 atom stereocenters. The topological polar surface area (TPSA) is 63.5 Å². The lowest BCUT2D eigenvalue weighted by Crippen LogP contribution is -2.39. The van der Waals surface area contributed by atoms with Gasteiger partial charge in [0.25, 0.3) is 5.91 Å². The first-order chi connectivity index (χ1) is 15.5. The Labute approximate surface area is 207 Å². The van der Waals surface area contributed by atoms with Gasteiger partial charge in [-0.15, -0.1) is 0 Å². The van der Waals surface area contributed by atoms with Crippen molar-refractivity contribution < 1.29 is 13.9 Å². The third-order valence-corrected chi connectivity index (χ3v) is 6.39. The molecule has 4 aromatic rings. The van der Waals surface area contributed by atoms with Crippen LogP contribution >= 0.6 is 44.1 Å². The molecule has 32 heavy (non-hydrogen) atoms. The van der Waals surface area contributed by atoms with Gasteiger partial charge in [-0.2, -0.15) is 0 Å². The molecule has 0 saturated heterocycles. The number of rotatable bonds is 5. The molecule has 1 amide bonds. The van der Waals surface area contributed by atoms with Crippen molar-refractivity contribution in [3.63, 3.8) is 0 Å². The van der Waals surface area contributed by atoms with Crippen LogP contribution in [0, 0.1) is 0 Å². The lowest BCUT2D eigenvalue weighted by atomic mass is 10.1. The third kappa shape index (κ3) is 4.87. The molecule has 0 fully saturated rings. The van der Waals surface area contributed by atoms with Gasteiger partial charge in [0.2, 0.25) is 0 Å². The number of nitrogens with one attached hydrogen (secondary N) is 2. The van der Waals surface area contributed by atoms with E-state index in [2.05, 4.69) is 42.5 Å². The van der Waals surface area contributed by atoms with Crippen LogP contribution in [0.4, 0.5) is 0 Å². The van der Waals surface area contributed by atoms with E-state index in [9.17, 15) is 4.79 Å². The molecule has 3 aromatic carbocycles. The number of methoxy groups -OCH3 is 1. The van der Waals surface area contributed by atoms with E-state index in [1.165, 1.54) is 7.11 Å². The Morgan fingerprint density at radius 1 is 1.06 bits per heavy atom. The quantitative estimate of drug-likeness (QED) is 0.269. The first-order valence-electron chi connectivity index (χ1n) is 9.65. The van der Waals surface area contributed by atoms with Crippen LogP contribution in [-0.2, 0) is 6.54 Å². The summed E-state index contributed by atoms with van der Waals surface area (Å²) in [5.74, 6) is 1.55. The van der Waals surface area contributed by atoms with Crippen molar-refractivity contribution in [1.82, 2.24) is 10.6 Å². The van der Waals surface area contributed by atoms with E-state index in [4.69, 9.17) is 21.4 Å². The molecule has 0 saturated carbocycles. The summed E-state index contributed by atoms with van der Waals surface area (Å²) in [5, 5.41) is 7.79. The van der Waals surface area contributed by atoms with Crippen molar-refractivity contribution in [2.24, 2.45) is 0 Å². The normalized spacial score (nSPS) is 10.7. The van der Waals surface area contributed by atoms with Crippen molar-refractivity contribution >= 4 is 65.9 Å². The van der Waals surface area contributed by atoms with Gasteiger partial charge in [0.05, 0.1) is 23.7 Å². The number of fused-ring (bicyclic) bond motifs is 1. The van der Waals surface area contributed by atoms with Gasteiger partial charge in [0.1, 0.15) is 17.3 Å². The van der Waals surface area contributed by atoms with Crippen LogP contribution in [-0.4, -0.2) is 18.1 Å². The highest BCUT2D eigenvalue weighted by molar-refractivity contribution is 9.11. The fraction of sp³-hybridized carbons (Fsp3) is 0.0833. The van der Waals surface area contributed by atoms with E-state index in [1.807, 2.05) is 60.7 Å². The van der Waals surface area contributed by atoms with Crippen LogP contribution < -0.4 is 15.4 Å². The number of thiocarbonyl (C=S) groups is 1. The number of hydrogen-bond acceptors (Lipinski definition) is 4. The summed E-state index contributed by atoms with van der Waals surface area (Å²) in [4.78, 5) is 12.9. The summed E-state index contributed by atoms with van der Waals surface area (Å²) >= 11 is 12.3. The second-order valence-electron chi connectivity index (χ2n) is 6.90. The number of carbonyl (C=O) groups excluding carboxylic acids is 1. The van der Waals surface area contributed by atoms with E-state index >= 15 is 0 Å². The van der Waals surface area contributed by atoms with Crippen molar-refractivity contribution in [3.8, 4) is 17.1 Å². The van der Waals surface area contributed by atoms with E-state index in [0.29, 0.717) is 23.6 Å². The molecule has 162 valence electrons. The highest BCUT2D eigenvalue weighted by atomic mass is 79.9. The molecule has 0 radical (unpaired) electrons. The lowest BCUT2D eigenvalue weighted by Gasteiger charge is -2.14. The first-order valence-corrected chi connectivity index (χ1v) is 11.6. The lowest BCUT2D eigenvalue weighted by molar-refractivity contribution is 0.0973. The largest absolute Gasteiger partial charge is 0.495 e. The smallest absolute Gasteiger partial charge is 0.261 e. The molecule has 8 heteroatoms. The summed E-state index contributed by atoms with van der Waals surface area (Å²) in [7, 11) is 1.53. The van der Waals surface area contributed by atoms with Gasteiger partial charge in [-0.05, 0) is 69.3 Å². The Bertz CT molecular complexity index is 1300. The zero-order valence-corrected chi connectivity index (χ0v) is 20.9. The number of amides is 1. The van der Waals surface area contributed by atoms with E-state index in [0.717, 1.165) is 31.0 Å². The van der Waals surface area contributed by atoms with Gasteiger partial charge in [0.15, 0.2) is 5.11 Å². The molecule has 1 aromatic heterocycles.